The van der Waals surface area contributed by atoms with Gasteiger partial charge in [-0.1, -0.05) is 48.5 Å². The second-order valence-electron chi connectivity index (χ2n) is 8.98. The Bertz CT molecular complexity index is 1410. The Hall–Kier alpha value is -4.66. The molecule has 0 aliphatic carbocycles. The van der Waals surface area contributed by atoms with Crippen molar-refractivity contribution in [3.05, 3.63) is 95.9 Å². The molecule has 0 saturated carbocycles. The van der Waals surface area contributed by atoms with E-state index in [1.807, 2.05) is 82.3 Å². The van der Waals surface area contributed by atoms with Crippen LogP contribution in [-0.4, -0.2) is 53.4 Å². The Kier molecular flexibility index (Phi) is 6.72. The predicted octanol–water partition coefficient (Wildman–Crippen LogP) is 4.19. The summed E-state index contributed by atoms with van der Waals surface area (Å²) in [5.74, 6) is 3.90. The Labute approximate surface area is 220 Å². The average Bonchev–Trinajstić information content (AvgIpc) is 3.52. The van der Waals surface area contributed by atoms with E-state index in [9.17, 15) is 4.79 Å². The van der Waals surface area contributed by atoms with E-state index in [4.69, 9.17) is 23.9 Å². The summed E-state index contributed by atoms with van der Waals surface area (Å²) in [5.41, 5.74) is 1.59. The van der Waals surface area contributed by atoms with Crippen molar-refractivity contribution in [3.63, 3.8) is 0 Å². The van der Waals surface area contributed by atoms with E-state index in [2.05, 4.69) is 5.32 Å². The number of imidazole rings is 1. The van der Waals surface area contributed by atoms with Crippen LogP contribution in [0.25, 0.3) is 0 Å². The standard InChI is InChI=1S/C29H28N4O5/c34-29-27-28(30-13-14-32(29)15-16-35-22-9-5-2-6-10-22)31-26(33(27)18-21-7-3-1-4-8-21)19-36-23-11-12-24-25(17-23)38-20-37-24/h1-12,17,30H,13-16,18-20H2. The molecule has 2 aliphatic heterocycles. The molecule has 38 heavy (non-hydrogen) atoms. The quantitative estimate of drug-likeness (QED) is 0.360. The number of hydrogen-bond donors (Lipinski definition) is 1. The lowest BCUT2D eigenvalue weighted by Gasteiger charge is -2.22. The van der Waals surface area contributed by atoms with E-state index in [0.717, 1.165) is 11.3 Å². The number of fused-ring (bicyclic) bond motifs is 2. The molecule has 4 aromatic rings. The molecular weight excluding hydrogens is 484 g/mol. The first kappa shape index (κ1) is 23.7. The number of nitrogens with one attached hydrogen (secondary N) is 1. The molecule has 0 unspecified atom stereocenters. The van der Waals surface area contributed by atoms with Crippen molar-refractivity contribution < 1.29 is 23.7 Å². The SMILES string of the molecule is O=C1c2c(nc(COc3ccc4c(c3)OCO4)n2Cc2ccccc2)NCCN1CCOc1ccccc1. The highest BCUT2D eigenvalue weighted by molar-refractivity contribution is 5.98. The molecule has 0 radical (unpaired) electrons. The third-order valence-electron chi connectivity index (χ3n) is 6.48. The second kappa shape index (κ2) is 10.8. The van der Waals surface area contributed by atoms with Crippen LogP contribution in [0.5, 0.6) is 23.0 Å². The van der Waals surface area contributed by atoms with Crippen LogP contribution >= 0.6 is 0 Å². The molecule has 2 aliphatic rings. The van der Waals surface area contributed by atoms with Crippen LogP contribution < -0.4 is 24.3 Å². The van der Waals surface area contributed by atoms with Gasteiger partial charge in [0.25, 0.3) is 5.91 Å². The van der Waals surface area contributed by atoms with E-state index in [1.165, 1.54) is 0 Å². The zero-order chi connectivity index (χ0) is 25.7. The summed E-state index contributed by atoms with van der Waals surface area (Å²) < 4.78 is 24.8. The van der Waals surface area contributed by atoms with Gasteiger partial charge < -0.3 is 33.7 Å². The molecule has 9 heteroatoms. The molecule has 0 spiro atoms. The fourth-order valence-electron chi connectivity index (χ4n) is 4.56. The van der Waals surface area contributed by atoms with E-state index < -0.39 is 0 Å². The number of rotatable bonds is 9. The van der Waals surface area contributed by atoms with Crippen LogP contribution in [-0.2, 0) is 13.2 Å². The summed E-state index contributed by atoms with van der Waals surface area (Å²) >= 11 is 0. The van der Waals surface area contributed by atoms with Gasteiger partial charge >= 0.3 is 0 Å². The Morgan fingerprint density at radius 2 is 1.68 bits per heavy atom. The smallest absolute Gasteiger partial charge is 0.274 e. The third-order valence-corrected chi connectivity index (χ3v) is 6.48. The van der Waals surface area contributed by atoms with Crippen LogP contribution in [0.15, 0.2) is 78.9 Å². The molecule has 0 saturated heterocycles. The number of nitrogens with zero attached hydrogens (tertiary/aromatic N) is 3. The van der Waals surface area contributed by atoms with Gasteiger partial charge in [0, 0.05) is 25.7 Å². The Morgan fingerprint density at radius 1 is 0.895 bits per heavy atom. The summed E-state index contributed by atoms with van der Waals surface area (Å²) in [5, 5.41) is 3.35. The van der Waals surface area contributed by atoms with Crippen LogP contribution in [0.1, 0.15) is 21.9 Å². The first-order valence-corrected chi connectivity index (χ1v) is 12.6. The summed E-state index contributed by atoms with van der Waals surface area (Å²) in [6.07, 6.45) is 0. The van der Waals surface area contributed by atoms with E-state index in [0.29, 0.717) is 67.4 Å². The Balaban J connectivity index is 1.24. The zero-order valence-corrected chi connectivity index (χ0v) is 20.8. The minimum atomic E-state index is -0.0839. The summed E-state index contributed by atoms with van der Waals surface area (Å²) in [7, 11) is 0. The van der Waals surface area contributed by atoms with Crippen molar-refractivity contribution in [1.82, 2.24) is 14.5 Å². The minimum absolute atomic E-state index is 0.0839. The van der Waals surface area contributed by atoms with Crippen LogP contribution in [0.2, 0.25) is 0 Å². The lowest BCUT2D eigenvalue weighted by atomic mass is 10.2. The van der Waals surface area contributed by atoms with Crippen molar-refractivity contribution in [1.29, 1.82) is 0 Å². The lowest BCUT2D eigenvalue weighted by Crippen LogP contribution is -2.37. The highest BCUT2D eigenvalue weighted by atomic mass is 16.7. The first-order chi connectivity index (χ1) is 18.7. The van der Waals surface area contributed by atoms with Gasteiger partial charge in [0.2, 0.25) is 6.79 Å². The zero-order valence-electron chi connectivity index (χ0n) is 20.8. The van der Waals surface area contributed by atoms with Gasteiger partial charge in [0.05, 0.1) is 6.54 Å². The van der Waals surface area contributed by atoms with Gasteiger partial charge in [-0.2, -0.15) is 0 Å². The summed E-state index contributed by atoms with van der Waals surface area (Å²) in [6, 6.07) is 25.1. The van der Waals surface area contributed by atoms with Gasteiger partial charge in [-0.25, -0.2) is 4.98 Å². The average molecular weight is 513 g/mol. The lowest BCUT2D eigenvalue weighted by molar-refractivity contribution is 0.0732. The van der Waals surface area contributed by atoms with Crippen LogP contribution in [0.3, 0.4) is 0 Å². The van der Waals surface area contributed by atoms with E-state index in [-0.39, 0.29) is 19.3 Å². The number of para-hydroxylation sites is 1. The van der Waals surface area contributed by atoms with Crippen LogP contribution in [0.4, 0.5) is 5.82 Å². The van der Waals surface area contributed by atoms with Crippen molar-refractivity contribution in [2.75, 3.05) is 38.4 Å². The molecule has 0 bridgehead atoms. The maximum atomic E-state index is 13.8. The maximum absolute atomic E-state index is 13.8. The molecule has 0 atom stereocenters. The fraction of sp³-hybridized carbons (Fsp3) is 0.241. The minimum Gasteiger partial charge on any atom is -0.492 e. The maximum Gasteiger partial charge on any atom is 0.274 e. The highest BCUT2D eigenvalue weighted by Crippen LogP contribution is 2.35. The molecule has 194 valence electrons. The van der Waals surface area contributed by atoms with Gasteiger partial charge in [-0.05, 0) is 29.8 Å². The monoisotopic (exact) mass is 512 g/mol. The summed E-state index contributed by atoms with van der Waals surface area (Å²) in [4.78, 5) is 20.4. The van der Waals surface area contributed by atoms with Crippen molar-refractivity contribution in [2.24, 2.45) is 0 Å². The Morgan fingerprint density at radius 3 is 2.53 bits per heavy atom. The predicted molar refractivity (Wildman–Crippen MR) is 141 cm³/mol. The molecular formula is C29H28N4O5. The molecule has 1 aromatic heterocycles. The van der Waals surface area contributed by atoms with Gasteiger partial charge in [-0.3, -0.25) is 4.79 Å². The number of amides is 1. The van der Waals surface area contributed by atoms with Crippen molar-refractivity contribution in [3.8, 4) is 23.0 Å². The number of hydrogen-bond acceptors (Lipinski definition) is 7. The fourth-order valence-corrected chi connectivity index (χ4v) is 4.56. The van der Waals surface area contributed by atoms with Gasteiger partial charge in [0.1, 0.15) is 30.5 Å². The molecule has 1 amide bonds. The molecule has 3 aromatic carbocycles. The van der Waals surface area contributed by atoms with Crippen LogP contribution in [0, 0.1) is 0 Å². The molecule has 6 rings (SSSR count). The summed E-state index contributed by atoms with van der Waals surface area (Å²) in [6.45, 7) is 2.90. The third kappa shape index (κ3) is 5.08. The highest BCUT2D eigenvalue weighted by Gasteiger charge is 2.30. The largest absolute Gasteiger partial charge is 0.492 e. The van der Waals surface area contributed by atoms with E-state index in [1.54, 1.807) is 6.07 Å². The number of carbonyl (C=O) groups is 1. The van der Waals surface area contributed by atoms with Crippen molar-refractivity contribution >= 4 is 11.7 Å². The topological polar surface area (TPSA) is 87.1 Å². The number of carbonyl (C=O) groups excluding carboxylic acids is 1. The first-order valence-electron chi connectivity index (χ1n) is 12.6. The van der Waals surface area contributed by atoms with Crippen molar-refractivity contribution in [2.45, 2.75) is 13.2 Å². The van der Waals surface area contributed by atoms with Gasteiger partial charge in [-0.15, -0.1) is 0 Å². The normalized spacial score (nSPS) is 14.0. The van der Waals surface area contributed by atoms with E-state index >= 15 is 0 Å². The molecule has 1 N–H and O–H groups in total. The molecule has 9 nitrogen and oxygen atoms in total. The molecule has 3 heterocycles. The number of ether oxygens (including phenoxy) is 4. The second-order valence-corrected chi connectivity index (χ2v) is 8.98. The van der Waals surface area contributed by atoms with Gasteiger partial charge in [0.15, 0.2) is 23.0 Å². The number of aromatic nitrogens is 2. The number of anilines is 1. The number of benzene rings is 3. The molecule has 0 fully saturated rings.